The molecule has 1 atom stereocenters. The molecule has 6 heavy (non-hydrogen) atoms. The van der Waals surface area contributed by atoms with Crippen LogP contribution in [0.3, 0.4) is 0 Å². The van der Waals surface area contributed by atoms with Gasteiger partial charge in [-0.3, -0.25) is 9.52 Å². The summed E-state index contributed by atoms with van der Waals surface area (Å²) in [6, 6.07) is 0. The van der Waals surface area contributed by atoms with Gasteiger partial charge in [0.1, 0.15) is 0 Å². The van der Waals surface area contributed by atoms with Gasteiger partial charge < -0.3 is 0 Å². The van der Waals surface area contributed by atoms with Crippen molar-refractivity contribution < 1.29 is 9.00 Å². The van der Waals surface area contributed by atoms with Crippen molar-refractivity contribution in [3.8, 4) is 0 Å². The number of carbonyl (C=O) groups is 1. The van der Waals surface area contributed by atoms with Crippen molar-refractivity contribution in [3.63, 3.8) is 0 Å². The standard InChI is InChI=1S/CH2ClNO2S/c2-6(5)3-1-4/h1H,(H,3,4). The van der Waals surface area contributed by atoms with E-state index in [2.05, 4.69) is 0 Å². The molecule has 36 valence electrons. The number of hydrogen-bond donors (Lipinski definition) is 1. The molecule has 0 aromatic carbocycles. The van der Waals surface area contributed by atoms with Crippen LogP contribution >= 0.6 is 10.7 Å². The lowest BCUT2D eigenvalue weighted by molar-refractivity contribution is -0.107. The Labute approximate surface area is 41.8 Å². The van der Waals surface area contributed by atoms with Crippen LogP contribution in [0, 0.1) is 0 Å². The van der Waals surface area contributed by atoms with Crippen LogP contribution in [0.5, 0.6) is 0 Å². The van der Waals surface area contributed by atoms with E-state index in [0.717, 1.165) is 0 Å². The number of hydrogen-bond acceptors (Lipinski definition) is 2. The molecule has 1 amide bonds. The van der Waals surface area contributed by atoms with Gasteiger partial charge in [-0.2, -0.15) is 0 Å². The third-order valence-corrected chi connectivity index (χ3v) is 0.690. The molecule has 3 nitrogen and oxygen atoms in total. The Hall–Kier alpha value is -0.0900. The summed E-state index contributed by atoms with van der Waals surface area (Å²) in [6.45, 7) is 0. The van der Waals surface area contributed by atoms with Crippen molar-refractivity contribution in [1.82, 2.24) is 4.72 Å². The van der Waals surface area contributed by atoms with Crippen molar-refractivity contribution >= 4 is 27.3 Å². The van der Waals surface area contributed by atoms with Crippen molar-refractivity contribution in [1.29, 1.82) is 0 Å². The normalized spacial score (nSPS) is 12.8. The Balaban J connectivity index is 3.05. The number of carbonyl (C=O) groups excluding carboxylic acids is 1. The lowest BCUT2D eigenvalue weighted by Gasteiger charge is -1.77. The van der Waals surface area contributed by atoms with Crippen molar-refractivity contribution in [2.45, 2.75) is 0 Å². The summed E-state index contributed by atoms with van der Waals surface area (Å²) in [4.78, 5) is 9.23. The van der Waals surface area contributed by atoms with Crippen LogP contribution in [0.25, 0.3) is 0 Å². The summed E-state index contributed by atoms with van der Waals surface area (Å²) in [5, 5.41) is 0. The number of rotatable bonds is 2. The minimum Gasteiger partial charge on any atom is -0.278 e. The summed E-state index contributed by atoms with van der Waals surface area (Å²) in [6.07, 6.45) is 0.267. The minimum atomic E-state index is -1.71. The van der Waals surface area contributed by atoms with E-state index in [1.54, 1.807) is 4.72 Å². The maximum Gasteiger partial charge on any atom is 0.219 e. The molecule has 0 radical (unpaired) electrons. The molecule has 0 fully saturated rings. The molecule has 0 rings (SSSR count). The van der Waals surface area contributed by atoms with Gasteiger partial charge in [-0.25, -0.2) is 4.21 Å². The Kier molecular flexibility index (Phi) is 3.07. The monoisotopic (exact) mass is 127 g/mol. The first-order chi connectivity index (χ1) is 2.77. The van der Waals surface area contributed by atoms with Crippen LogP contribution in [-0.4, -0.2) is 10.6 Å². The quantitative estimate of drug-likeness (QED) is 0.404. The van der Waals surface area contributed by atoms with E-state index in [9.17, 15) is 9.00 Å². The van der Waals surface area contributed by atoms with Crippen LogP contribution < -0.4 is 4.72 Å². The molecular weight excluding hydrogens is 126 g/mol. The molecule has 0 saturated heterocycles. The average Bonchev–Trinajstić information content (AvgIpc) is 1.35. The number of nitrogens with one attached hydrogen (secondary N) is 1. The van der Waals surface area contributed by atoms with E-state index >= 15 is 0 Å². The van der Waals surface area contributed by atoms with Crippen LogP contribution in [0.4, 0.5) is 0 Å². The van der Waals surface area contributed by atoms with Crippen LogP contribution in [-0.2, 0) is 15.0 Å². The van der Waals surface area contributed by atoms with E-state index in [1.807, 2.05) is 0 Å². The molecule has 0 heterocycles. The van der Waals surface area contributed by atoms with Crippen LogP contribution in [0.1, 0.15) is 0 Å². The van der Waals surface area contributed by atoms with Gasteiger partial charge in [-0.1, -0.05) is 0 Å². The van der Waals surface area contributed by atoms with Gasteiger partial charge in [0.25, 0.3) is 0 Å². The van der Waals surface area contributed by atoms with Gasteiger partial charge in [-0.15, -0.1) is 0 Å². The smallest absolute Gasteiger partial charge is 0.219 e. The first kappa shape index (κ1) is 5.91. The van der Waals surface area contributed by atoms with Gasteiger partial charge in [-0.05, 0) is 0 Å². The van der Waals surface area contributed by atoms with Crippen molar-refractivity contribution in [3.05, 3.63) is 0 Å². The Bertz CT molecular complexity index is 73.9. The summed E-state index contributed by atoms with van der Waals surface area (Å²) < 4.78 is 11.3. The highest BCUT2D eigenvalue weighted by Crippen LogP contribution is 1.73. The molecule has 0 spiro atoms. The van der Waals surface area contributed by atoms with Gasteiger partial charge >= 0.3 is 0 Å². The SMILES string of the molecule is O=CNS(=O)Cl. The van der Waals surface area contributed by atoms with Gasteiger partial charge in [0.15, 0.2) is 0 Å². The predicted octanol–water partition coefficient (Wildman–Crippen LogP) is -0.450. The first-order valence-electron chi connectivity index (χ1n) is 1.05. The zero-order valence-electron chi connectivity index (χ0n) is 2.68. The van der Waals surface area contributed by atoms with E-state index in [-0.39, 0.29) is 6.41 Å². The zero-order chi connectivity index (χ0) is 4.99. The van der Waals surface area contributed by atoms with E-state index in [4.69, 9.17) is 10.7 Å². The Morgan fingerprint density at radius 2 is 2.33 bits per heavy atom. The molecule has 0 bridgehead atoms. The lowest BCUT2D eigenvalue weighted by Crippen LogP contribution is -2.07. The topological polar surface area (TPSA) is 46.2 Å². The maximum atomic E-state index is 9.58. The van der Waals surface area contributed by atoms with Crippen LogP contribution in [0.2, 0.25) is 0 Å². The highest BCUT2D eigenvalue weighted by atomic mass is 35.7. The molecule has 0 aliphatic rings. The van der Waals surface area contributed by atoms with Gasteiger partial charge in [0, 0.05) is 10.7 Å². The summed E-state index contributed by atoms with van der Waals surface area (Å²) in [5.41, 5.74) is 0. The maximum absolute atomic E-state index is 9.58. The third kappa shape index (κ3) is 3.91. The van der Waals surface area contributed by atoms with Crippen molar-refractivity contribution in [2.24, 2.45) is 0 Å². The second kappa shape index (κ2) is 3.11. The van der Waals surface area contributed by atoms with E-state index in [1.165, 1.54) is 0 Å². The molecule has 5 heteroatoms. The van der Waals surface area contributed by atoms with Crippen molar-refractivity contribution in [2.75, 3.05) is 0 Å². The Morgan fingerprint density at radius 1 is 1.83 bits per heavy atom. The van der Waals surface area contributed by atoms with E-state index in [0.29, 0.717) is 0 Å². The average molecular weight is 128 g/mol. The highest BCUT2D eigenvalue weighted by Gasteiger charge is 1.79. The fourth-order valence-corrected chi connectivity index (χ4v) is 0.223. The molecule has 0 aliphatic heterocycles. The third-order valence-electron chi connectivity index (χ3n) is 0.141. The second-order valence-electron chi connectivity index (χ2n) is 0.459. The number of halogens is 1. The molecule has 0 aliphatic carbocycles. The second-order valence-corrected chi connectivity index (χ2v) is 1.98. The summed E-state index contributed by atoms with van der Waals surface area (Å²) in [5.74, 6) is 0. The molecule has 1 unspecified atom stereocenters. The highest BCUT2D eigenvalue weighted by molar-refractivity contribution is 8.07. The number of amides is 1. The largest absolute Gasteiger partial charge is 0.278 e. The lowest BCUT2D eigenvalue weighted by atomic mass is 11.5. The van der Waals surface area contributed by atoms with Gasteiger partial charge in [0.05, 0.1) is 0 Å². The first-order valence-corrected chi connectivity index (χ1v) is 3.03. The predicted molar refractivity (Wildman–Crippen MR) is 23.2 cm³/mol. The molecule has 0 aromatic heterocycles. The minimum absolute atomic E-state index is 0.267. The Morgan fingerprint density at radius 3 is 2.33 bits per heavy atom. The fourth-order valence-electron chi connectivity index (χ4n) is 0.0378. The van der Waals surface area contributed by atoms with E-state index < -0.39 is 10.2 Å². The molecule has 0 aromatic rings. The zero-order valence-corrected chi connectivity index (χ0v) is 4.25. The van der Waals surface area contributed by atoms with Gasteiger partial charge in [0.2, 0.25) is 16.6 Å². The fraction of sp³-hybridized carbons (Fsp3) is 0. The summed E-state index contributed by atoms with van der Waals surface area (Å²) in [7, 11) is 3.00. The van der Waals surface area contributed by atoms with Crippen LogP contribution in [0.15, 0.2) is 0 Å². The molecule has 0 saturated carbocycles. The molecule has 1 N–H and O–H groups in total. The summed E-state index contributed by atoms with van der Waals surface area (Å²) >= 11 is 0. The molecular formula is CH2ClNO2S.